The van der Waals surface area contributed by atoms with E-state index < -0.39 is 0 Å². The minimum absolute atomic E-state index is 0.0555. The number of amides is 1. The van der Waals surface area contributed by atoms with Crippen LogP contribution in [-0.4, -0.2) is 32.0 Å². The second kappa shape index (κ2) is 11.2. The zero-order chi connectivity index (χ0) is 17.9. The number of nitrogens with one attached hydrogen (secondary N) is 1. The Balaban J connectivity index is 1.66. The van der Waals surface area contributed by atoms with Gasteiger partial charge >= 0.3 is 0 Å². The van der Waals surface area contributed by atoms with E-state index in [1.54, 1.807) is 18.9 Å². The first-order chi connectivity index (χ1) is 12.2. The van der Waals surface area contributed by atoms with E-state index in [1.165, 1.54) is 0 Å². The summed E-state index contributed by atoms with van der Waals surface area (Å²) in [6.07, 6.45) is 0.490. The van der Waals surface area contributed by atoms with E-state index in [9.17, 15) is 4.79 Å². The molecule has 25 heavy (non-hydrogen) atoms. The van der Waals surface area contributed by atoms with Gasteiger partial charge in [-0.15, -0.1) is 11.8 Å². The number of carbonyl (C=O) groups is 1. The molecule has 4 nitrogen and oxygen atoms in total. The lowest BCUT2D eigenvalue weighted by Gasteiger charge is -2.08. The van der Waals surface area contributed by atoms with Gasteiger partial charge in [0.15, 0.2) is 0 Å². The second-order valence-electron chi connectivity index (χ2n) is 5.29. The molecule has 2 aromatic rings. The van der Waals surface area contributed by atoms with Crippen LogP contribution in [0.5, 0.6) is 5.75 Å². The van der Waals surface area contributed by atoms with Crippen molar-refractivity contribution in [3.63, 3.8) is 0 Å². The molecule has 2 aromatic carbocycles. The highest BCUT2D eigenvalue weighted by molar-refractivity contribution is 9.10. The van der Waals surface area contributed by atoms with Crippen LogP contribution in [0.15, 0.2) is 57.9 Å². The average Bonchev–Trinajstić information content (AvgIpc) is 2.63. The first-order valence-electron chi connectivity index (χ1n) is 8.04. The molecule has 0 fully saturated rings. The Bertz CT molecular complexity index is 664. The highest BCUT2D eigenvalue weighted by Crippen LogP contribution is 2.27. The van der Waals surface area contributed by atoms with Crippen LogP contribution in [0.1, 0.15) is 12.0 Å². The Labute approximate surface area is 161 Å². The molecule has 134 valence electrons. The number of hydrogen-bond acceptors (Lipinski definition) is 4. The smallest absolute Gasteiger partial charge is 0.221 e. The number of rotatable bonds is 10. The fourth-order valence-corrected chi connectivity index (χ4v) is 3.57. The number of carbonyl (C=O) groups excluding carboxylic acids is 1. The zero-order valence-corrected chi connectivity index (χ0v) is 16.6. The number of methoxy groups -OCH3 is 1. The van der Waals surface area contributed by atoms with Gasteiger partial charge in [-0.3, -0.25) is 4.79 Å². The molecule has 0 heterocycles. The fourth-order valence-electron chi connectivity index (χ4n) is 2.05. The van der Waals surface area contributed by atoms with E-state index in [2.05, 4.69) is 21.2 Å². The maximum absolute atomic E-state index is 12.0. The molecule has 0 aliphatic heterocycles. The second-order valence-corrected chi connectivity index (χ2v) is 7.28. The highest BCUT2D eigenvalue weighted by atomic mass is 79.9. The third kappa shape index (κ3) is 7.50. The quantitative estimate of drug-likeness (QED) is 0.457. The summed E-state index contributed by atoms with van der Waals surface area (Å²) in [5.41, 5.74) is 1.05. The van der Waals surface area contributed by atoms with Gasteiger partial charge in [-0.25, -0.2) is 0 Å². The molecule has 0 saturated carbocycles. The Hall–Kier alpha value is -1.50. The van der Waals surface area contributed by atoms with Crippen LogP contribution in [0.25, 0.3) is 0 Å². The van der Waals surface area contributed by atoms with Crippen molar-refractivity contribution < 1.29 is 14.3 Å². The van der Waals surface area contributed by atoms with E-state index in [4.69, 9.17) is 9.47 Å². The first kappa shape index (κ1) is 19.8. The molecule has 0 radical (unpaired) electrons. The van der Waals surface area contributed by atoms with Crippen molar-refractivity contribution in [2.45, 2.75) is 17.9 Å². The molecule has 0 spiro atoms. The van der Waals surface area contributed by atoms with Crippen LogP contribution in [0.4, 0.5) is 0 Å². The van der Waals surface area contributed by atoms with Crippen molar-refractivity contribution in [3.05, 3.63) is 58.6 Å². The number of halogens is 1. The maximum Gasteiger partial charge on any atom is 0.221 e. The molecule has 0 aliphatic rings. The Morgan fingerprint density at radius 1 is 1.12 bits per heavy atom. The van der Waals surface area contributed by atoms with Gasteiger partial charge in [0.1, 0.15) is 12.4 Å². The van der Waals surface area contributed by atoms with Crippen LogP contribution >= 0.6 is 27.7 Å². The summed E-state index contributed by atoms with van der Waals surface area (Å²) in [7, 11) is 1.65. The summed E-state index contributed by atoms with van der Waals surface area (Å²) < 4.78 is 11.5. The third-order valence-corrected chi connectivity index (χ3v) is 5.42. The summed E-state index contributed by atoms with van der Waals surface area (Å²) in [4.78, 5) is 13.1. The van der Waals surface area contributed by atoms with E-state index in [-0.39, 0.29) is 5.91 Å². The van der Waals surface area contributed by atoms with E-state index in [0.29, 0.717) is 26.2 Å². The van der Waals surface area contributed by atoms with Gasteiger partial charge < -0.3 is 14.8 Å². The largest absolute Gasteiger partial charge is 0.491 e. The van der Waals surface area contributed by atoms with Gasteiger partial charge in [0, 0.05) is 35.2 Å². The van der Waals surface area contributed by atoms with Crippen molar-refractivity contribution in [2.24, 2.45) is 0 Å². The average molecular weight is 424 g/mol. The SMILES string of the molecule is COCCOc1ccc(CNC(=O)CCSc2ccccc2Br)cc1. The van der Waals surface area contributed by atoms with Gasteiger partial charge in [0.2, 0.25) is 5.91 Å². The molecule has 0 saturated heterocycles. The van der Waals surface area contributed by atoms with Crippen LogP contribution in [0.2, 0.25) is 0 Å². The van der Waals surface area contributed by atoms with Gasteiger partial charge in [-0.2, -0.15) is 0 Å². The predicted octanol–water partition coefficient (Wildman–Crippen LogP) is 4.27. The van der Waals surface area contributed by atoms with Crippen LogP contribution in [0, 0.1) is 0 Å². The van der Waals surface area contributed by atoms with Crippen molar-refractivity contribution in [2.75, 3.05) is 26.1 Å². The Morgan fingerprint density at radius 3 is 2.60 bits per heavy atom. The van der Waals surface area contributed by atoms with Crippen molar-refractivity contribution in [1.29, 1.82) is 0 Å². The number of ether oxygens (including phenoxy) is 2. The predicted molar refractivity (Wildman–Crippen MR) is 105 cm³/mol. The summed E-state index contributed by atoms with van der Waals surface area (Å²) in [6, 6.07) is 15.7. The molecular weight excluding hydrogens is 402 g/mol. The molecule has 6 heteroatoms. The molecule has 1 amide bonds. The molecule has 0 bridgehead atoms. The standard InChI is InChI=1S/C19H22BrNO3S/c1-23-11-12-24-16-8-6-15(7-9-16)14-21-19(22)10-13-25-18-5-3-2-4-17(18)20/h2-9H,10-14H2,1H3,(H,21,22). The molecule has 0 aliphatic carbocycles. The fraction of sp³-hybridized carbons (Fsp3) is 0.316. The monoisotopic (exact) mass is 423 g/mol. The summed E-state index contributed by atoms with van der Waals surface area (Å²) >= 11 is 5.19. The molecule has 1 N–H and O–H groups in total. The van der Waals surface area contributed by atoms with Crippen molar-refractivity contribution in [1.82, 2.24) is 5.32 Å². The van der Waals surface area contributed by atoms with E-state index in [0.717, 1.165) is 26.4 Å². The van der Waals surface area contributed by atoms with Gasteiger partial charge in [-0.1, -0.05) is 24.3 Å². The minimum Gasteiger partial charge on any atom is -0.491 e. The van der Waals surface area contributed by atoms with Gasteiger partial charge in [0.05, 0.1) is 6.61 Å². The van der Waals surface area contributed by atoms with Crippen molar-refractivity contribution >= 4 is 33.6 Å². The van der Waals surface area contributed by atoms with Gasteiger partial charge in [0.25, 0.3) is 0 Å². The zero-order valence-electron chi connectivity index (χ0n) is 14.2. The molecular formula is C19H22BrNO3S. The normalized spacial score (nSPS) is 10.5. The lowest BCUT2D eigenvalue weighted by Crippen LogP contribution is -2.22. The maximum atomic E-state index is 12.0. The molecule has 2 rings (SSSR count). The third-order valence-electron chi connectivity index (χ3n) is 3.39. The summed E-state index contributed by atoms with van der Waals surface area (Å²) in [5.74, 6) is 1.61. The van der Waals surface area contributed by atoms with E-state index in [1.807, 2.05) is 48.5 Å². The number of hydrogen-bond donors (Lipinski definition) is 1. The number of thioether (sulfide) groups is 1. The van der Waals surface area contributed by atoms with Gasteiger partial charge in [-0.05, 0) is 45.8 Å². The molecule has 0 atom stereocenters. The lowest BCUT2D eigenvalue weighted by molar-refractivity contribution is -0.120. The molecule has 0 aromatic heterocycles. The Kier molecular flexibility index (Phi) is 8.86. The summed E-state index contributed by atoms with van der Waals surface area (Å²) in [6.45, 7) is 1.62. The van der Waals surface area contributed by atoms with Crippen LogP contribution in [0.3, 0.4) is 0 Å². The van der Waals surface area contributed by atoms with Crippen LogP contribution in [-0.2, 0) is 16.1 Å². The summed E-state index contributed by atoms with van der Waals surface area (Å²) in [5, 5.41) is 2.95. The molecule has 0 unspecified atom stereocenters. The van der Waals surface area contributed by atoms with Crippen LogP contribution < -0.4 is 10.1 Å². The first-order valence-corrected chi connectivity index (χ1v) is 9.81. The van der Waals surface area contributed by atoms with Crippen molar-refractivity contribution in [3.8, 4) is 5.75 Å². The van der Waals surface area contributed by atoms with E-state index >= 15 is 0 Å². The highest BCUT2D eigenvalue weighted by Gasteiger charge is 2.04. The lowest BCUT2D eigenvalue weighted by atomic mass is 10.2. The Morgan fingerprint density at radius 2 is 1.88 bits per heavy atom. The number of benzene rings is 2. The topological polar surface area (TPSA) is 47.6 Å². The minimum atomic E-state index is 0.0555.